The largest absolute Gasteiger partial charge is 0.325 e. The van der Waals surface area contributed by atoms with E-state index in [1.807, 2.05) is 0 Å². The van der Waals surface area contributed by atoms with Gasteiger partial charge in [-0.25, -0.2) is 4.68 Å². The number of aromatic nitrogens is 4. The van der Waals surface area contributed by atoms with Gasteiger partial charge in [-0.05, 0) is 41.6 Å². The fourth-order valence-electron chi connectivity index (χ4n) is 1.46. The predicted octanol–water partition coefficient (Wildman–Crippen LogP) is 1.14. The molecular formula is C12H13N5O2S. The monoisotopic (exact) mass is 291 g/mol. The molecule has 1 aromatic heterocycles. The molecule has 2 aromatic rings. The molecule has 1 N–H and O–H groups in total. The van der Waals surface area contributed by atoms with E-state index in [0.717, 1.165) is 0 Å². The quantitative estimate of drug-likeness (QED) is 0.656. The number of anilines is 1. The highest BCUT2D eigenvalue weighted by Crippen LogP contribution is 2.14. The van der Waals surface area contributed by atoms with Crippen molar-refractivity contribution < 1.29 is 9.59 Å². The number of carbonyl (C=O) groups excluding carboxylic acids is 2. The van der Waals surface area contributed by atoms with E-state index in [2.05, 4.69) is 20.8 Å². The van der Waals surface area contributed by atoms with Crippen LogP contribution >= 0.6 is 11.8 Å². The van der Waals surface area contributed by atoms with Crippen LogP contribution in [0.25, 0.3) is 0 Å². The van der Waals surface area contributed by atoms with Gasteiger partial charge in [0.15, 0.2) is 5.78 Å². The summed E-state index contributed by atoms with van der Waals surface area (Å²) in [4.78, 5) is 22.9. The van der Waals surface area contributed by atoms with E-state index in [-0.39, 0.29) is 17.4 Å². The predicted molar refractivity (Wildman–Crippen MR) is 74.6 cm³/mol. The lowest BCUT2D eigenvalue weighted by Crippen LogP contribution is -2.14. The number of hydrogen-bond acceptors (Lipinski definition) is 6. The Morgan fingerprint density at radius 3 is 2.55 bits per heavy atom. The number of amides is 1. The van der Waals surface area contributed by atoms with Crippen molar-refractivity contribution >= 4 is 29.1 Å². The number of thioether (sulfide) groups is 1. The minimum atomic E-state index is -0.159. The highest BCUT2D eigenvalue weighted by molar-refractivity contribution is 7.99. The molecule has 0 aliphatic heterocycles. The van der Waals surface area contributed by atoms with E-state index in [1.165, 1.54) is 23.4 Å². The second kappa shape index (κ2) is 6.29. The van der Waals surface area contributed by atoms with Gasteiger partial charge in [-0.15, -0.1) is 5.10 Å². The number of hydrogen-bond donors (Lipinski definition) is 1. The van der Waals surface area contributed by atoms with E-state index >= 15 is 0 Å². The normalized spacial score (nSPS) is 10.3. The first-order valence-corrected chi connectivity index (χ1v) is 6.81. The van der Waals surface area contributed by atoms with Crippen molar-refractivity contribution in [3.05, 3.63) is 29.8 Å². The third-order valence-electron chi connectivity index (χ3n) is 2.49. The zero-order chi connectivity index (χ0) is 14.5. The minimum Gasteiger partial charge on any atom is -0.325 e. The van der Waals surface area contributed by atoms with Gasteiger partial charge in [0.1, 0.15) is 0 Å². The fourth-order valence-corrected chi connectivity index (χ4v) is 2.11. The molecule has 0 fully saturated rings. The molecular weight excluding hydrogens is 278 g/mol. The van der Waals surface area contributed by atoms with Gasteiger partial charge in [0.05, 0.1) is 5.75 Å². The Morgan fingerprint density at radius 1 is 1.30 bits per heavy atom. The topological polar surface area (TPSA) is 89.8 Å². The molecule has 1 aromatic carbocycles. The summed E-state index contributed by atoms with van der Waals surface area (Å²) in [5.74, 6) is 0.0460. The van der Waals surface area contributed by atoms with Gasteiger partial charge in [-0.1, -0.05) is 11.8 Å². The summed E-state index contributed by atoms with van der Waals surface area (Å²) in [6, 6.07) is 6.75. The van der Waals surface area contributed by atoms with E-state index in [0.29, 0.717) is 16.4 Å². The average Bonchev–Trinajstić information content (AvgIpc) is 2.82. The molecule has 0 spiro atoms. The Balaban J connectivity index is 1.88. The summed E-state index contributed by atoms with van der Waals surface area (Å²) in [6.07, 6.45) is 0. The average molecular weight is 291 g/mol. The van der Waals surface area contributed by atoms with Crippen LogP contribution in [-0.2, 0) is 11.8 Å². The molecule has 0 unspecified atom stereocenters. The van der Waals surface area contributed by atoms with Crippen LogP contribution in [0.5, 0.6) is 0 Å². The lowest BCUT2D eigenvalue weighted by atomic mass is 10.1. The summed E-state index contributed by atoms with van der Waals surface area (Å²) in [5.41, 5.74) is 1.26. The summed E-state index contributed by atoms with van der Waals surface area (Å²) in [5, 5.41) is 14.3. The molecule has 0 saturated heterocycles. The summed E-state index contributed by atoms with van der Waals surface area (Å²) in [6.45, 7) is 1.50. The Labute approximate surface area is 119 Å². The number of ketones is 1. The Kier molecular flexibility index (Phi) is 4.46. The lowest BCUT2D eigenvalue weighted by molar-refractivity contribution is -0.113. The van der Waals surface area contributed by atoms with E-state index < -0.39 is 0 Å². The van der Waals surface area contributed by atoms with E-state index in [9.17, 15) is 9.59 Å². The van der Waals surface area contributed by atoms with Gasteiger partial charge >= 0.3 is 0 Å². The van der Waals surface area contributed by atoms with Crippen LogP contribution in [0.15, 0.2) is 29.4 Å². The van der Waals surface area contributed by atoms with Crippen LogP contribution in [0.2, 0.25) is 0 Å². The van der Waals surface area contributed by atoms with Crippen LogP contribution < -0.4 is 5.32 Å². The molecule has 2 rings (SSSR count). The molecule has 7 nitrogen and oxygen atoms in total. The molecule has 0 aliphatic rings. The standard InChI is InChI=1S/C12H13N5O2S/c1-8(18)9-3-5-10(6-4-9)13-11(19)7-20-12-14-15-16-17(12)2/h3-6H,7H2,1-2H3,(H,13,19). The number of tetrazole rings is 1. The zero-order valence-corrected chi connectivity index (χ0v) is 11.8. The van der Waals surface area contributed by atoms with Crippen LogP contribution in [0.1, 0.15) is 17.3 Å². The number of aryl methyl sites for hydroxylation is 1. The van der Waals surface area contributed by atoms with Crippen LogP contribution in [-0.4, -0.2) is 37.7 Å². The summed E-state index contributed by atoms with van der Waals surface area (Å²) < 4.78 is 1.50. The molecule has 104 valence electrons. The smallest absolute Gasteiger partial charge is 0.234 e. The molecule has 1 heterocycles. The maximum Gasteiger partial charge on any atom is 0.234 e. The molecule has 0 radical (unpaired) electrons. The third kappa shape index (κ3) is 3.64. The van der Waals surface area contributed by atoms with Crippen molar-refractivity contribution in [2.24, 2.45) is 7.05 Å². The van der Waals surface area contributed by atoms with Crippen molar-refractivity contribution in [1.82, 2.24) is 20.2 Å². The number of rotatable bonds is 5. The molecule has 0 aliphatic carbocycles. The highest BCUT2D eigenvalue weighted by atomic mass is 32.2. The van der Waals surface area contributed by atoms with Gasteiger partial charge in [0.25, 0.3) is 0 Å². The van der Waals surface area contributed by atoms with Crippen molar-refractivity contribution in [1.29, 1.82) is 0 Å². The molecule has 1 amide bonds. The van der Waals surface area contributed by atoms with Crippen LogP contribution in [0.3, 0.4) is 0 Å². The highest BCUT2D eigenvalue weighted by Gasteiger charge is 2.08. The second-order valence-electron chi connectivity index (χ2n) is 4.06. The lowest BCUT2D eigenvalue weighted by Gasteiger charge is -2.05. The molecule has 20 heavy (non-hydrogen) atoms. The minimum absolute atomic E-state index is 0.00628. The van der Waals surface area contributed by atoms with Crippen molar-refractivity contribution in [2.45, 2.75) is 12.1 Å². The van der Waals surface area contributed by atoms with Crippen LogP contribution in [0.4, 0.5) is 5.69 Å². The second-order valence-corrected chi connectivity index (χ2v) is 5.00. The Hall–Kier alpha value is -2.22. The molecule has 0 saturated carbocycles. The maximum atomic E-state index is 11.8. The summed E-state index contributed by atoms with van der Waals surface area (Å²) in [7, 11) is 1.71. The number of nitrogens with zero attached hydrogens (tertiary/aromatic N) is 4. The molecule has 0 bridgehead atoms. The Bertz CT molecular complexity index is 623. The first-order chi connectivity index (χ1) is 9.56. The number of Topliss-reactive ketones (excluding diaryl/α,β-unsaturated/α-hetero) is 1. The first kappa shape index (κ1) is 14.2. The third-order valence-corrected chi connectivity index (χ3v) is 3.50. The van der Waals surface area contributed by atoms with Gasteiger partial charge in [0.2, 0.25) is 11.1 Å². The van der Waals surface area contributed by atoms with Crippen molar-refractivity contribution in [3.63, 3.8) is 0 Å². The zero-order valence-electron chi connectivity index (χ0n) is 11.0. The first-order valence-electron chi connectivity index (χ1n) is 5.82. The number of nitrogens with one attached hydrogen (secondary N) is 1. The van der Waals surface area contributed by atoms with Crippen molar-refractivity contribution in [2.75, 3.05) is 11.1 Å². The molecule has 8 heteroatoms. The SMILES string of the molecule is CC(=O)c1ccc(NC(=O)CSc2nnnn2C)cc1. The number of carbonyl (C=O) groups is 2. The fraction of sp³-hybridized carbons (Fsp3) is 0.250. The van der Waals surface area contributed by atoms with E-state index in [1.54, 1.807) is 31.3 Å². The van der Waals surface area contributed by atoms with Crippen molar-refractivity contribution in [3.8, 4) is 0 Å². The van der Waals surface area contributed by atoms with Gasteiger partial charge < -0.3 is 5.32 Å². The van der Waals surface area contributed by atoms with Gasteiger partial charge in [0, 0.05) is 18.3 Å². The maximum absolute atomic E-state index is 11.8. The number of benzene rings is 1. The Morgan fingerprint density at radius 2 is 2.00 bits per heavy atom. The molecule has 0 atom stereocenters. The van der Waals surface area contributed by atoms with Crippen LogP contribution in [0, 0.1) is 0 Å². The van der Waals surface area contributed by atoms with E-state index in [4.69, 9.17) is 0 Å². The van der Waals surface area contributed by atoms with Gasteiger partial charge in [-0.3, -0.25) is 9.59 Å². The summed E-state index contributed by atoms with van der Waals surface area (Å²) >= 11 is 1.25. The van der Waals surface area contributed by atoms with Gasteiger partial charge in [-0.2, -0.15) is 0 Å².